The Morgan fingerprint density at radius 3 is 2.62 bits per heavy atom. The van der Waals surface area contributed by atoms with E-state index in [2.05, 4.69) is 17.1 Å². The minimum atomic E-state index is 0.494. The van der Waals surface area contributed by atoms with Gasteiger partial charge in [-0.2, -0.15) is 10.5 Å². The van der Waals surface area contributed by atoms with Crippen molar-refractivity contribution in [3.8, 4) is 23.4 Å². The van der Waals surface area contributed by atoms with E-state index in [-0.39, 0.29) is 0 Å². The highest BCUT2D eigenvalue weighted by Crippen LogP contribution is 2.27. The molecule has 4 heteroatoms. The zero-order valence-electron chi connectivity index (χ0n) is 13.0. The Hall–Kier alpha value is -3.21. The number of rotatable bonds is 3. The van der Waals surface area contributed by atoms with E-state index in [9.17, 15) is 5.26 Å². The van der Waals surface area contributed by atoms with Crippen LogP contribution in [-0.2, 0) is 0 Å². The zero-order valence-corrected chi connectivity index (χ0v) is 13.8. The maximum atomic E-state index is 9.47. The second-order valence-corrected chi connectivity index (χ2v) is 6.17. The van der Waals surface area contributed by atoms with E-state index < -0.39 is 0 Å². The largest absolute Gasteiger partial charge is 0.235 e. The molecule has 3 nitrogen and oxygen atoms in total. The minimum absolute atomic E-state index is 0.494. The molecule has 1 aromatic heterocycles. The van der Waals surface area contributed by atoms with Gasteiger partial charge in [0.15, 0.2) is 0 Å². The number of hydrogen-bond acceptors (Lipinski definition) is 4. The summed E-state index contributed by atoms with van der Waals surface area (Å²) < 4.78 is 0. The van der Waals surface area contributed by atoms with Crippen molar-refractivity contribution in [3.63, 3.8) is 0 Å². The lowest BCUT2D eigenvalue weighted by atomic mass is 10.1. The van der Waals surface area contributed by atoms with Crippen LogP contribution in [0.4, 0.5) is 0 Å². The number of hydrogen-bond donors (Lipinski definition) is 0. The molecule has 2 aromatic carbocycles. The maximum Gasteiger partial charge on any atom is 0.134 e. The smallest absolute Gasteiger partial charge is 0.134 e. The van der Waals surface area contributed by atoms with Gasteiger partial charge in [-0.25, -0.2) is 4.98 Å². The average Bonchev–Trinajstić information content (AvgIpc) is 3.10. The monoisotopic (exact) mass is 327 g/mol. The summed E-state index contributed by atoms with van der Waals surface area (Å²) in [7, 11) is 0. The number of aryl methyl sites for hydroxylation is 1. The lowest BCUT2D eigenvalue weighted by molar-refractivity contribution is 1.36. The first kappa shape index (κ1) is 15.7. The fourth-order valence-corrected chi connectivity index (χ4v) is 3.06. The fourth-order valence-electron chi connectivity index (χ4n) is 2.26. The van der Waals surface area contributed by atoms with Crippen molar-refractivity contribution in [3.05, 3.63) is 75.6 Å². The van der Waals surface area contributed by atoms with Gasteiger partial charge in [0.2, 0.25) is 0 Å². The molecule has 0 spiro atoms. The van der Waals surface area contributed by atoms with E-state index in [4.69, 9.17) is 5.26 Å². The van der Waals surface area contributed by atoms with Crippen LogP contribution in [-0.4, -0.2) is 4.98 Å². The molecule has 0 aliphatic rings. The molecule has 0 N–H and O–H groups in total. The van der Waals surface area contributed by atoms with Gasteiger partial charge in [-0.1, -0.05) is 42.0 Å². The van der Waals surface area contributed by atoms with Gasteiger partial charge in [-0.15, -0.1) is 11.3 Å². The van der Waals surface area contributed by atoms with Gasteiger partial charge in [0, 0.05) is 10.9 Å². The maximum absolute atomic E-state index is 9.47. The predicted molar refractivity (Wildman–Crippen MR) is 96.9 cm³/mol. The Bertz CT molecular complexity index is 983. The molecular formula is C20H13N3S. The molecule has 1 heterocycles. The van der Waals surface area contributed by atoms with E-state index in [1.807, 2.05) is 42.6 Å². The topological polar surface area (TPSA) is 60.5 Å². The molecular weight excluding hydrogens is 314 g/mol. The molecule has 0 bridgehead atoms. The Morgan fingerprint density at radius 2 is 1.92 bits per heavy atom. The lowest BCUT2D eigenvalue weighted by Crippen LogP contribution is -1.84. The Balaban J connectivity index is 1.95. The standard InChI is InChI=1S/C20H13N3S/c1-14-5-7-17(8-6-14)19-13-24-20(23-19)18(12-22)10-15-3-2-4-16(9-15)11-21/h2-10,13H,1H3/b18-10+. The van der Waals surface area contributed by atoms with Crippen LogP contribution >= 0.6 is 11.3 Å². The average molecular weight is 327 g/mol. The number of benzene rings is 2. The molecule has 0 saturated heterocycles. The quantitative estimate of drug-likeness (QED) is 0.632. The van der Waals surface area contributed by atoms with Gasteiger partial charge in [0.1, 0.15) is 11.1 Å². The molecule has 0 aliphatic carbocycles. The van der Waals surface area contributed by atoms with E-state index in [1.165, 1.54) is 16.9 Å². The van der Waals surface area contributed by atoms with E-state index in [1.54, 1.807) is 24.3 Å². The molecule has 3 rings (SSSR count). The van der Waals surface area contributed by atoms with Crippen molar-refractivity contribution in [2.45, 2.75) is 6.92 Å². The van der Waals surface area contributed by atoms with Gasteiger partial charge in [-0.05, 0) is 30.7 Å². The molecule has 0 amide bonds. The second kappa shape index (κ2) is 6.91. The summed E-state index contributed by atoms with van der Waals surface area (Å²) in [6.45, 7) is 2.04. The number of nitrogens with zero attached hydrogens (tertiary/aromatic N) is 3. The van der Waals surface area contributed by atoms with Crippen LogP contribution in [0, 0.1) is 29.6 Å². The highest BCUT2D eigenvalue weighted by molar-refractivity contribution is 7.11. The molecule has 0 fully saturated rings. The normalized spacial score (nSPS) is 10.9. The van der Waals surface area contributed by atoms with Crippen LogP contribution in [0.15, 0.2) is 53.9 Å². The molecule has 0 radical (unpaired) electrons. The van der Waals surface area contributed by atoms with Crippen molar-refractivity contribution in [2.24, 2.45) is 0 Å². The highest BCUT2D eigenvalue weighted by Gasteiger charge is 2.09. The molecule has 3 aromatic rings. The lowest BCUT2D eigenvalue weighted by Gasteiger charge is -1.98. The minimum Gasteiger partial charge on any atom is -0.235 e. The van der Waals surface area contributed by atoms with Crippen LogP contribution in [0.2, 0.25) is 0 Å². The summed E-state index contributed by atoms with van der Waals surface area (Å²) in [5, 5.41) is 21.1. The zero-order chi connectivity index (χ0) is 16.9. The molecule has 114 valence electrons. The van der Waals surface area contributed by atoms with Crippen LogP contribution in [0.1, 0.15) is 21.7 Å². The third-order valence-electron chi connectivity index (χ3n) is 3.53. The van der Waals surface area contributed by atoms with Crippen LogP contribution in [0.25, 0.3) is 22.9 Å². The third-order valence-corrected chi connectivity index (χ3v) is 4.40. The second-order valence-electron chi connectivity index (χ2n) is 5.31. The van der Waals surface area contributed by atoms with Crippen LogP contribution in [0.5, 0.6) is 0 Å². The predicted octanol–water partition coefficient (Wildman–Crippen LogP) is 5.05. The summed E-state index contributed by atoms with van der Waals surface area (Å²) in [4.78, 5) is 4.58. The van der Waals surface area contributed by atoms with Crippen LogP contribution < -0.4 is 0 Å². The summed E-state index contributed by atoms with van der Waals surface area (Å²) in [6.07, 6.45) is 1.76. The van der Waals surface area contributed by atoms with Gasteiger partial charge in [0.05, 0.1) is 22.9 Å². The number of aromatic nitrogens is 1. The third kappa shape index (κ3) is 3.41. The first-order valence-electron chi connectivity index (χ1n) is 7.34. The fraction of sp³-hybridized carbons (Fsp3) is 0.0500. The SMILES string of the molecule is Cc1ccc(-c2csc(/C(C#N)=C/c3cccc(C#N)c3)n2)cc1. The van der Waals surface area contributed by atoms with Crippen molar-refractivity contribution in [1.82, 2.24) is 4.98 Å². The Kier molecular flexibility index (Phi) is 4.52. The molecule has 0 atom stereocenters. The Morgan fingerprint density at radius 1 is 1.12 bits per heavy atom. The summed E-state index contributed by atoms with van der Waals surface area (Å²) in [6, 6.07) is 19.6. The first-order valence-corrected chi connectivity index (χ1v) is 8.22. The van der Waals surface area contributed by atoms with E-state index in [0.29, 0.717) is 16.1 Å². The van der Waals surface area contributed by atoms with Gasteiger partial charge in [0.25, 0.3) is 0 Å². The number of thiazole rings is 1. The number of allylic oxidation sites excluding steroid dienone is 1. The van der Waals surface area contributed by atoms with Crippen molar-refractivity contribution >= 4 is 23.0 Å². The van der Waals surface area contributed by atoms with E-state index >= 15 is 0 Å². The Labute approximate surface area is 144 Å². The molecule has 24 heavy (non-hydrogen) atoms. The molecule has 0 saturated carbocycles. The summed E-state index contributed by atoms with van der Waals surface area (Å²) >= 11 is 1.44. The van der Waals surface area contributed by atoms with Gasteiger partial charge >= 0.3 is 0 Å². The van der Waals surface area contributed by atoms with Crippen molar-refractivity contribution in [2.75, 3.05) is 0 Å². The van der Waals surface area contributed by atoms with E-state index in [0.717, 1.165) is 16.8 Å². The summed E-state index contributed by atoms with van der Waals surface area (Å²) in [5.74, 6) is 0. The molecule has 0 unspecified atom stereocenters. The van der Waals surface area contributed by atoms with Gasteiger partial charge in [-0.3, -0.25) is 0 Å². The highest BCUT2D eigenvalue weighted by atomic mass is 32.1. The first-order chi connectivity index (χ1) is 11.7. The van der Waals surface area contributed by atoms with Crippen LogP contribution in [0.3, 0.4) is 0 Å². The molecule has 0 aliphatic heterocycles. The van der Waals surface area contributed by atoms with Gasteiger partial charge < -0.3 is 0 Å². The van der Waals surface area contributed by atoms with Crippen molar-refractivity contribution < 1.29 is 0 Å². The number of nitriles is 2. The summed E-state index contributed by atoms with van der Waals surface area (Å²) in [5.41, 5.74) is 4.98. The van der Waals surface area contributed by atoms with Crippen molar-refractivity contribution in [1.29, 1.82) is 10.5 Å².